The monoisotopic (exact) mass is 527 g/mol. The Morgan fingerprint density at radius 1 is 1.29 bits per heavy atom. The Kier molecular flexibility index (Phi) is 8.61. The summed E-state index contributed by atoms with van der Waals surface area (Å²) in [4.78, 5) is 30.3. The van der Waals surface area contributed by atoms with Crippen LogP contribution in [0.1, 0.15) is 56.9 Å². The first-order valence-corrected chi connectivity index (χ1v) is 13.1. The number of carbonyl (C=O) groups is 2. The minimum Gasteiger partial charge on any atom is -0.469 e. The molecule has 1 aromatic carbocycles. The summed E-state index contributed by atoms with van der Waals surface area (Å²) < 4.78 is 34.8. The molecule has 2 atom stereocenters. The summed E-state index contributed by atoms with van der Waals surface area (Å²) in [5, 5.41) is 9.13. The van der Waals surface area contributed by atoms with E-state index in [1.807, 2.05) is 13.0 Å². The number of aromatic nitrogens is 2. The van der Waals surface area contributed by atoms with Gasteiger partial charge in [0.05, 0.1) is 18.6 Å². The molecule has 204 valence electrons. The number of anilines is 1. The van der Waals surface area contributed by atoms with Crippen molar-refractivity contribution in [3.63, 3.8) is 0 Å². The van der Waals surface area contributed by atoms with Crippen LogP contribution in [0.15, 0.2) is 47.5 Å². The quantitative estimate of drug-likeness (QED) is 0.349. The molecular weight excluding hydrogens is 492 g/mol. The molecule has 2 amide bonds. The third-order valence-electron chi connectivity index (χ3n) is 7.07. The second kappa shape index (κ2) is 11.9. The largest absolute Gasteiger partial charge is 0.469 e. The van der Waals surface area contributed by atoms with Crippen molar-refractivity contribution in [1.29, 1.82) is 0 Å². The first kappa shape index (κ1) is 27.5. The number of benzene rings is 1. The van der Waals surface area contributed by atoms with Gasteiger partial charge in [-0.3, -0.25) is 9.59 Å². The lowest BCUT2D eigenvalue weighted by molar-refractivity contribution is -0.128. The van der Waals surface area contributed by atoms with Crippen LogP contribution in [0.25, 0.3) is 0 Å². The molecule has 0 fully saturated rings. The Balaban J connectivity index is 1.35. The molecule has 0 aliphatic heterocycles. The Hall–Kier alpha value is -3.53. The van der Waals surface area contributed by atoms with Crippen molar-refractivity contribution in [1.82, 2.24) is 20.2 Å². The molecular formula is C28H35F2N5O3. The Morgan fingerprint density at radius 2 is 2.11 bits per heavy atom. The first-order valence-electron chi connectivity index (χ1n) is 13.1. The molecule has 10 heteroatoms. The van der Waals surface area contributed by atoms with Gasteiger partial charge in [-0.1, -0.05) is 13.3 Å². The third kappa shape index (κ3) is 6.48. The highest BCUT2D eigenvalue weighted by molar-refractivity contribution is 5.94. The number of hydrogen-bond donors (Lipinski definition) is 3. The molecule has 0 bridgehead atoms. The van der Waals surface area contributed by atoms with Gasteiger partial charge in [0.15, 0.2) is 5.82 Å². The maximum Gasteiger partial charge on any atom is 0.245 e. The van der Waals surface area contributed by atoms with E-state index in [0.29, 0.717) is 55.6 Å². The van der Waals surface area contributed by atoms with Crippen LogP contribution >= 0.6 is 0 Å². The van der Waals surface area contributed by atoms with Crippen LogP contribution in [0.5, 0.6) is 0 Å². The van der Waals surface area contributed by atoms with Crippen LogP contribution in [0, 0.1) is 11.6 Å². The Morgan fingerprint density at radius 3 is 2.84 bits per heavy atom. The fraction of sp³-hybridized carbons (Fsp3) is 0.464. The lowest BCUT2D eigenvalue weighted by Crippen LogP contribution is -2.48. The molecule has 3 aromatic rings. The number of furan rings is 1. The minimum atomic E-state index is -0.931. The molecule has 1 aliphatic rings. The molecule has 0 spiro atoms. The number of nitrogens with one attached hydrogen (secondary N) is 3. The zero-order valence-electron chi connectivity index (χ0n) is 22.0. The average Bonchev–Trinajstić information content (AvgIpc) is 3.57. The van der Waals surface area contributed by atoms with Gasteiger partial charge >= 0.3 is 0 Å². The fourth-order valence-corrected chi connectivity index (χ4v) is 4.79. The van der Waals surface area contributed by atoms with Crippen molar-refractivity contribution in [3.05, 3.63) is 71.6 Å². The SMILES string of the molecule is CCC[C@H](N[C@H]1CCc2cc(F)cc(F)c2C1)C(=O)Nc1cn(C(C)(C)C(=O)NCCc2ccco2)cn1. The zero-order valence-corrected chi connectivity index (χ0v) is 22.0. The highest BCUT2D eigenvalue weighted by Gasteiger charge is 2.31. The van der Waals surface area contributed by atoms with Gasteiger partial charge in [-0.2, -0.15) is 0 Å². The summed E-state index contributed by atoms with van der Waals surface area (Å²) >= 11 is 0. The number of imidazole rings is 1. The van der Waals surface area contributed by atoms with Gasteiger partial charge in [-0.15, -0.1) is 0 Å². The topological polar surface area (TPSA) is 101 Å². The van der Waals surface area contributed by atoms with E-state index < -0.39 is 23.2 Å². The highest BCUT2D eigenvalue weighted by Crippen LogP contribution is 2.26. The molecule has 8 nitrogen and oxygen atoms in total. The van der Waals surface area contributed by atoms with Gasteiger partial charge in [0.1, 0.15) is 22.9 Å². The first-order chi connectivity index (χ1) is 18.2. The van der Waals surface area contributed by atoms with Crippen molar-refractivity contribution in [3.8, 4) is 0 Å². The summed E-state index contributed by atoms with van der Waals surface area (Å²) in [5.41, 5.74) is 0.267. The summed E-state index contributed by atoms with van der Waals surface area (Å²) in [6, 6.07) is 5.36. The molecule has 1 aliphatic carbocycles. The molecule has 2 aromatic heterocycles. The van der Waals surface area contributed by atoms with Crippen molar-refractivity contribution in [2.75, 3.05) is 11.9 Å². The smallest absolute Gasteiger partial charge is 0.245 e. The van der Waals surface area contributed by atoms with Crippen molar-refractivity contribution < 1.29 is 22.8 Å². The molecule has 0 unspecified atom stereocenters. The second-order valence-corrected chi connectivity index (χ2v) is 10.3. The van der Waals surface area contributed by atoms with Gasteiger partial charge in [-0.05, 0) is 68.9 Å². The molecule has 0 saturated heterocycles. The summed E-state index contributed by atoms with van der Waals surface area (Å²) in [6.45, 7) is 5.97. The van der Waals surface area contributed by atoms with E-state index in [2.05, 4.69) is 20.9 Å². The van der Waals surface area contributed by atoms with Gasteiger partial charge in [0.2, 0.25) is 11.8 Å². The molecule has 3 N–H and O–H groups in total. The second-order valence-electron chi connectivity index (χ2n) is 10.3. The number of carbonyl (C=O) groups excluding carboxylic acids is 2. The molecule has 2 heterocycles. The summed E-state index contributed by atoms with van der Waals surface area (Å²) in [5.74, 6) is -0.406. The highest BCUT2D eigenvalue weighted by atomic mass is 19.1. The van der Waals surface area contributed by atoms with E-state index in [9.17, 15) is 18.4 Å². The van der Waals surface area contributed by atoms with E-state index in [0.717, 1.165) is 18.2 Å². The zero-order chi connectivity index (χ0) is 27.3. The van der Waals surface area contributed by atoms with E-state index in [4.69, 9.17) is 4.42 Å². The van der Waals surface area contributed by atoms with Crippen LogP contribution in [0.3, 0.4) is 0 Å². The molecule has 38 heavy (non-hydrogen) atoms. The number of fused-ring (bicyclic) bond motifs is 1. The van der Waals surface area contributed by atoms with Gasteiger partial charge in [0, 0.05) is 31.3 Å². The molecule has 4 rings (SSSR count). The maximum absolute atomic E-state index is 14.3. The van der Waals surface area contributed by atoms with Crippen LogP contribution in [-0.4, -0.2) is 40.0 Å². The normalized spacial score (nSPS) is 16.1. The van der Waals surface area contributed by atoms with E-state index >= 15 is 0 Å². The number of aryl methyl sites for hydroxylation is 1. The fourth-order valence-electron chi connectivity index (χ4n) is 4.79. The number of amides is 2. The van der Waals surface area contributed by atoms with Gasteiger partial charge in [-0.25, -0.2) is 13.8 Å². The van der Waals surface area contributed by atoms with E-state index in [1.165, 1.54) is 12.4 Å². The Bertz CT molecular complexity index is 1260. The maximum atomic E-state index is 14.3. The predicted molar refractivity (Wildman–Crippen MR) is 140 cm³/mol. The standard InChI is InChI=1S/C28H35F2N5O3/c1-4-6-24(33-20-9-8-18-13-19(29)14-23(30)22(18)15-20)26(36)34-25-16-35(17-32-25)28(2,3)27(37)31-11-10-21-7-5-12-38-21/h5,7,12-14,16-17,20,24,33H,4,6,8-11,15H2,1-3H3,(H,31,37)(H,34,36)/t20-,24-/m0/s1. The number of rotatable bonds is 11. The van der Waals surface area contributed by atoms with Crippen LogP contribution in [0.2, 0.25) is 0 Å². The van der Waals surface area contributed by atoms with Crippen molar-refractivity contribution in [2.24, 2.45) is 0 Å². The lowest BCUT2D eigenvalue weighted by atomic mass is 9.87. The molecule has 0 saturated carbocycles. The van der Waals surface area contributed by atoms with Crippen molar-refractivity contribution >= 4 is 17.6 Å². The number of hydrogen-bond acceptors (Lipinski definition) is 5. The Labute approximate surface area is 221 Å². The van der Waals surface area contributed by atoms with E-state index in [-0.39, 0.29) is 17.9 Å². The summed E-state index contributed by atoms with van der Waals surface area (Å²) in [7, 11) is 0. The van der Waals surface area contributed by atoms with Crippen LogP contribution < -0.4 is 16.0 Å². The third-order valence-corrected chi connectivity index (χ3v) is 7.07. The van der Waals surface area contributed by atoms with Crippen LogP contribution in [0.4, 0.5) is 14.6 Å². The van der Waals surface area contributed by atoms with Gasteiger partial charge in [0.25, 0.3) is 0 Å². The predicted octanol–water partition coefficient (Wildman–Crippen LogP) is 4.10. The number of halogens is 2. The average molecular weight is 528 g/mol. The van der Waals surface area contributed by atoms with E-state index in [1.54, 1.807) is 36.9 Å². The van der Waals surface area contributed by atoms with Crippen LogP contribution in [-0.2, 0) is 34.4 Å². The lowest BCUT2D eigenvalue weighted by Gasteiger charge is -2.29. The molecule has 0 radical (unpaired) electrons. The van der Waals surface area contributed by atoms with Gasteiger partial charge < -0.3 is 24.9 Å². The number of nitrogens with zero attached hydrogens (tertiary/aromatic N) is 2. The summed E-state index contributed by atoms with van der Waals surface area (Å²) in [6.07, 6.45) is 8.32. The minimum absolute atomic E-state index is 0.105. The van der Waals surface area contributed by atoms with Crippen molar-refractivity contribution in [2.45, 2.75) is 76.9 Å².